The molecule has 0 amide bonds. The number of aromatic carboxylic acids is 1. The van der Waals surface area contributed by atoms with Crippen molar-refractivity contribution >= 4 is 11.8 Å². The minimum atomic E-state index is -1.46. The Hall–Kier alpha value is -2.24. The van der Waals surface area contributed by atoms with Gasteiger partial charge in [0.2, 0.25) is 0 Å². The maximum absolute atomic E-state index is 13.3. The number of hydrogen-bond acceptors (Lipinski definition) is 4. The monoisotopic (exact) mass is 371 g/mol. The highest BCUT2D eigenvalue weighted by molar-refractivity contribution is 6.08. The minimum Gasteiger partial charge on any atom is -0.478 e. The summed E-state index contributed by atoms with van der Waals surface area (Å²) in [5.74, 6) is -2.38. The molecule has 1 aliphatic carbocycles. The van der Waals surface area contributed by atoms with Crippen molar-refractivity contribution in [3.8, 4) is 0 Å². The van der Waals surface area contributed by atoms with Crippen LogP contribution in [-0.2, 0) is 0 Å². The fraction of sp³-hybridized carbons (Fsp3) is 0.455. The molecule has 27 heavy (non-hydrogen) atoms. The van der Waals surface area contributed by atoms with Crippen molar-refractivity contribution in [2.24, 2.45) is 5.92 Å². The van der Waals surface area contributed by atoms with Crippen LogP contribution in [0.15, 0.2) is 48.6 Å². The zero-order valence-corrected chi connectivity index (χ0v) is 16.1. The Morgan fingerprint density at radius 2 is 1.63 bits per heavy atom. The molecule has 1 aromatic rings. The molecule has 0 aliphatic heterocycles. The number of benzene rings is 1. The molecule has 0 fully saturated rings. The molecule has 0 bridgehead atoms. The Kier molecular flexibility index (Phi) is 7.51. The lowest BCUT2D eigenvalue weighted by molar-refractivity contribution is -0.0905. The molecule has 146 valence electrons. The minimum absolute atomic E-state index is 0.0403. The lowest BCUT2D eigenvalue weighted by atomic mass is 9.82. The second-order valence-corrected chi connectivity index (χ2v) is 6.91. The second-order valence-electron chi connectivity index (χ2n) is 6.91. The number of allylic oxidation sites excluding steroid dienone is 2. The van der Waals surface area contributed by atoms with Crippen LogP contribution in [0.4, 0.5) is 0 Å². The van der Waals surface area contributed by atoms with Crippen molar-refractivity contribution in [3.63, 3.8) is 0 Å². The van der Waals surface area contributed by atoms with Crippen LogP contribution in [0.25, 0.3) is 0 Å². The number of carbonyl (C=O) groups excluding carboxylic acids is 1. The average Bonchev–Trinajstić information content (AvgIpc) is 2.67. The zero-order chi connectivity index (χ0) is 19.9. The molecule has 1 aromatic carbocycles. The molecular formula is C22H29NO4. The number of carbonyl (C=O) groups is 2. The number of aliphatic hydroxyl groups is 1. The highest BCUT2D eigenvalue weighted by Crippen LogP contribution is 2.33. The van der Waals surface area contributed by atoms with Crippen molar-refractivity contribution in [2.75, 3.05) is 13.1 Å². The Morgan fingerprint density at radius 3 is 2.19 bits per heavy atom. The molecule has 1 aliphatic rings. The Labute approximate surface area is 161 Å². The molecular weight excluding hydrogens is 342 g/mol. The number of nitrogens with zero attached hydrogens (tertiary/aromatic N) is 1. The van der Waals surface area contributed by atoms with Gasteiger partial charge in [0, 0.05) is 18.7 Å². The van der Waals surface area contributed by atoms with Crippen LogP contribution >= 0.6 is 0 Å². The molecule has 2 rings (SSSR count). The van der Waals surface area contributed by atoms with Gasteiger partial charge in [-0.05, 0) is 25.0 Å². The van der Waals surface area contributed by atoms with Crippen molar-refractivity contribution in [3.05, 3.63) is 59.7 Å². The summed E-state index contributed by atoms with van der Waals surface area (Å²) < 4.78 is 0. The number of carboxylic acid groups (broad SMARTS) is 1. The number of ketones is 1. The van der Waals surface area contributed by atoms with Crippen LogP contribution in [0.3, 0.4) is 0 Å². The van der Waals surface area contributed by atoms with Gasteiger partial charge in [0.15, 0.2) is 11.5 Å². The molecule has 0 saturated heterocycles. The fourth-order valence-corrected chi connectivity index (χ4v) is 3.42. The van der Waals surface area contributed by atoms with Crippen molar-refractivity contribution < 1.29 is 19.8 Å². The Bertz CT molecular complexity index is 717. The molecule has 0 aromatic heterocycles. The van der Waals surface area contributed by atoms with E-state index in [0.717, 1.165) is 25.7 Å². The van der Waals surface area contributed by atoms with Gasteiger partial charge in [0.25, 0.3) is 0 Å². The van der Waals surface area contributed by atoms with Gasteiger partial charge >= 0.3 is 5.97 Å². The number of Topliss-reactive ketones (excluding diaryl/α,β-unsaturated/α-hetero) is 1. The van der Waals surface area contributed by atoms with E-state index in [0.29, 0.717) is 13.1 Å². The van der Waals surface area contributed by atoms with Gasteiger partial charge in [-0.25, -0.2) is 4.79 Å². The van der Waals surface area contributed by atoms with Gasteiger partial charge in [-0.2, -0.15) is 0 Å². The van der Waals surface area contributed by atoms with E-state index in [1.54, 1.807) is 36.4 Å². The third kappa shape index (κ3) is 4.73. The molecule has 2 unspecified atom stereocenters. The lowest BCUT2D eigenvalue weighted by Gasteiger charge is -2.43. The second kappa shape index (κ2) is 9.62. The third-order valence-corrected chi connectivity index (χ3v) is 4.99. The summed E-state index contributed by atoms with van der Waals surface area (Å²) in [4.78, 5) is 26.7. The first-order valence-electron chi connectivity index (χ1n) is 9.65. The van der Waals surface area contributed by atoms with E-state index >= 15 is 0 Å². The number of rotatable bonds is 10. The predicted molar refractivity (Wildman–Crippen MR) is 106 cm³/mol. The number of unbranched alkanes of at least 4 members (excludes halogenated alkanes) is 2. The highest BCUT2D eigenvalue weighted by Gasteiger charge is 2.44. The van der Waals surface area contributed by atoms with E-state index in [-0.39, 0.29) is 16.9 Å². The van der Waals surface area contributed by atoms with Crippen molar-refractivity contribution in [2.45, 2.75) is 45.3 Å². The molecule has 0 heterocycles. The maximum Gasteiger partial charge on any atom is 0.336 e. The quantitative estimate of drug-likeness (QED) is 0.482. The Balaban J connectivity index is 2.40. The van der Waals surface area contributed by atoms with Gasteiger partial charge in [-0.3, -0.25) is 9.69 Å². The van der Waals surface area contributed by atoms with Crippen molar-refractivity contribution in [1.82, 2.24) is 4.90 Å². The van der Waals surface area contributed by atoms with Crippen LogP contribution in [-0.4, -0.2) is 45.7 Å². The van der Waals surface area contributed by atoms with Crippen LogP contribution in [0.5, 0.6) is 0 Å². The molecule has 0 spiro atoms. The summed E-state index contributed by atoms with van der Waals surface area (Å²) >= 11 is 0. The molecule has 2 atom stereocenters. The SMILES string of the molecule is CCCCN(CCCC)C1(O)C=CC=CC1C(=O)c1ccccc1C(=O)O. The summed E-state index contributed by atoms with van der Waals surface area (Å²) in [7, 11) is 0. The van der Waals surface area contributed by atoms with Gasteiger partial charge < -0.3 is 10.2 Å². The predicted octanol–water partition coefficient (Wildman–Crippen LogP) is 3.90. The van der Waals surface area contributed by atoms with Gasteiger partial charge in [-0.1, -0.05) is 63.1 Å². The van der Waals surface area contributed by atoms with E-state index in [9.17, 15) is 19.8 Å². The summed E-state index contributed by atoms with van der Waals surface area (Å²) in [6.45, 7) is 5.53. The first-order chi connectivity index (χ1) is 13.0. The molecule has 5 nitrogen and oxygen atoms in total. The first-order valence-corrected chi connectivity index (χ1v) is 9.65. The summed E-state index contributed by atoms with van der Waals surface area (Å²) in [6, 6.07) is 6.18. The van der Waals surface area contributed by atoms with E-state index in [1.165, 1.54) is 12.1 Å². The zero-order valence-electron chi connectivity index (χ0n) is 16.1. The normalized spacial score (nSPS) is 21.6. The number of hydrogen-bond donors (Lipinski definition) is 2. The van der Waals surface area contributed by atoms with E-state index in [1.807, 2.05) is 4.90 Å². The smallest absolute Gasteiger partial charge is 0.336 e. The van der Waals surface area contributed by atoms with Gasteiger partial charge in [0.1, 0.15) is 0 Å². The molecule has 0 saturated carbocycles. The average molecular weight is 371 g/mol. The standard InChI is InChI=1S/C22H29NO4/c1-3-5-15-23(16-6-4-2)22(27)14-10-9-13-19(22)20(24)17-11-7-8-12-18(17)21(25)26/h7-14,19,27H,3-6,15-16H2,1-2H3,(H,25,26). The summed E-state index contributed by atoms with van der Waals surface area (Å²) in [5.41, 5.74) is -1.37. The molecule has 5 heteroatoms. The lowest BCUT2D eigenvalue weighted by Crippen LogP contribution is -2.55. The summed E-state index contributed by atoms with van der Waals surface area (Å²) in [6.07, 6.45) is 10.6. The third-order valence-electron chi connectivity index (χ3n) is 4.99. The molecule has 2 N–H and O–H groups in total. The largest absolute Gasteiger partial charge is 0.478 e. The first kappa shape index (κ1) is 21.1. The summed E-state index contributed by atoms with van der Waals surface area (Å²) in [5, 5.41) is 21.0. The van der Waals surface area contributed by atoms with Gasteiger partial charge in [0.05, 0.1) is 11.5 Å². The van der Waals surface area contributed by atoms with Crippen LogP contribution in [0, 0.1) is 5.92 Å². The number of carboxylic acids is 1. The van der Waals surface area contributed by atoms with Crippen LogP contribution < -0.4 is 0 Å². The van der Waals surface area contributed by atoms with Crippen molar-refractivity contribution in [1.29, 1.82) is 0 Å². The highest BCUT2D eigenvalue weighted by atomic mass is 16.4. The van der Waals surface area contributed by atoms with Crippen LogP contribution in [0.1, 0.15) is 60.2 Å². The van der Waals surface area contributed by atoms with Gasteiger partial charge in [-0.15, -0.1) is 0 Å². The Morgan fingerprint density at radius 1 is 1.04 bits per heavy atom. The fourth-order valence-electron chi connectivity index (χ4n) is 3.42. The van der Waals surface area contributed by atoms with E-state index in [4.69, 9.17) is 0 Å². The topological polar surface area (TPSA) is 77.8 Å². The maximum atomic E-state index is 13.3. The molecule has 0 radical (unpaired) electrons. The van der Waals surface area contributed by atoms with E-state index < -0.39 is 17.6 Å². The van der Waals surface area contributed by atoms with Crippen LogP contribution in [0.2, 0.25) is 0 Å². The van der Waals surface area contributed by atoms with E-state index in [2.05, 4.69) is 13.8 Å².